The standard InChI is InChI=1S/C14H23NS2/c1-14(2,3)12-11(9-16)17-13(15-12)10-7-5-4-6-8-10/h10,16H,4-9H2,1-3H3. The van der Waals surface area contributed by atoms with Crippen LogP contribution in [0.1, 0.15) is 74.4 Å². The van der Waals surface area contributed by atoms with E-state index in [0.29, 0.717) is 0 Å². The van der Waals surface area contributed by atoms with E-state index in [0.717, 1.165) is 11.7 Å². The van der Waals surface area contributed by atoms with Crippen LogP contribution >= 0.6 is 24.0 Å². The van der Waals surface area contributed by atoms with Crippen LogP contribution in [0.4, 0.5) is 0 Å². The lowest BCUT2D eigenvalue weighted by molar-refractivity contribution is 0.440. The minimum Gasteiger partial charge on any atom is -0.245 e. The summed E-state index contributed by atoms with van der Waals surface area (Å²) in [5.41, 5.74) is 1.43. The Labute approximate surface area is 114 Å². The molecule has 1 aliphatic carbocycles. The Morgan fingerprint density at radius 2 is 1.88 bits per heavy atom. The van der Waals surface area contributed by atoms with Gasteiger partial charge in [-0.05, 0) is 12.8 Å². The predicted octanol–water partition coefficient (Wildman–Crippen LogP) is 4.92. The minimum atomic E-state index is 0.154. The van der Waals surface area contributed by atoms with Crippen LogP contribution in [0.3, 0.4) is 0 Å². The van der Waals surface area contributed by atoms with E-state index < -0.39 is 0 Å². The normalized spacial score (nSPS) is 18.6. The van der Waals surface area contributed by atoms with Gasteiger partial charge in [0.25, 0.3) is 0 Å². The lowest BCUT2D eigenvalue weighted by Gasteiger charge is -2.20. The average molecular weight is 269 g/mol. The zero-order valence-electron chi connectivity index (χ0n) is 11.1. The zero-order valence-corrected chi connectivity index (χ0v) is 12.8. The number of hydrogen-bond donors (Lipinski definition) is 1. The maximum Gasteiger partial charge on any atom is 0.0962 e. The number of thiol groups is 1. The number of thiazole rings is 1. The fourth-order valence-electron chi connectivity index (χ4n) is 2.59. The van der Waals surface area contributed by atoms with E-state index in [1.807, 2.05) is 11.3 Å². The number of nitrogens with zero attached hydrogens (tertiary/aromatic N) is 1. The Hall–Kier alpha value is -0.0200. The molecule has 0 bridgehead atoms. The molecule has 0 spiro atoms. The molecule has 0 saturated heterocycles. The van der Waals surface area contributed by atoms with E-state index in [9.17, 15) is 0 Å². The van der Waals surface area contributed by atoms with Crippen molar-refractivity contribution in [2.45, 2.75) is 70.0 Å². The van der Waals surface area contributed by atoms with E-state index in [1.165, 1.54) is 47.7 Å². The Morgan fingerprint density at radius 1 is 1.24 bits per heavy atom. The van der Waals surface area contributed by atoms with Crippen LogP contribution < -0.4 is 0 Å². The average Bonchev–Trinajstić information content (AvgIpc) is 2.74. The van der Waals surface area contributed by atoms with Crippen molar-refractivity contribution in [1.82, 2.24) is 4.98 Å². The summed E-state index contributed by atoms with van der Waals surface area (Å²) in [6.45, 7) is 6.75. The van der Waals surface area contributed by atoms with E-state index in [1.54, 1.807) is 0 Å². The van der Waals surface area contributed by atoms with Crippen LogP contribution in [0.15, 0.2) is 0 Å². The highest BCUT2D eigenvalue weighted by atomic mass is 32.1. The first kappa shape index (κ1) is 13.4. The van der Waals surface area contributed by atoms with Crippen molar-refractivity contribution in [3.05, 3.63) is 15.6 Å². The second-order valence-corrected chi connectivity index (χ2v) is 7.50. The minimum absolute atomic E-state index is 0.154. The van der Waals surface area contributed by atoms with Gasteiger partial charge in [-0.2, -0.15) is 12.6 Å². The quantitative estimate of drug-likeness (QED) is 0.752. The predicted molar refractivity (Wildman–Crippen MR) is 79.3 cm³/mol. The van der Waals surface area contributed by atoms with Gasteiger partial charge in [0.1, 0.15) is 0 Å². The monoisotopic (exact) mass is 269 g/mol. The van der Waals surface area contributed by atoms with Gasteiger partial charge in [-0.1, -0.05) is 40.0 Å². The highest BCUT2D eigenvalue weighted by Crippen LogP contribution is 2.39. The zero-order chi connectivity index (χ0) is 12.5. The largest absolute Gasteiger partial charge is 0.245 e. The van der Waals surface area contributed by atoms with Crippen LogP contribution in [-0.4, -0.2) is 4.98 Å². The molecule has 1 saturated carbocycles. The summed E-state index contributed by atoms with van der Waals surface area (Å²) < 4.78 is 0. The molecule has 1 aliphatic rings. The van der Waals surface area contributed by atoms with Gasteiger partial charge < -0.3 is 0 Å². The maximum absolute atomic E-state index is 4.95. The van der Waals surface area contributed by atoms with E-state index in [2.05, 4.69) is 33.4 Å². The first-order chi connectivity index (χ1) is 8.02. The molecular weight excluding hydrogens is 246 g/mol. The highest BCUT2D eigenvalue weighted by Gasteiger charge is 2.26. The topological polar surface area (TPSA) is 12.9 Å². The summed E-state index contributed by atoms with van der Waals surface area (Å²) >= 11 is 6.36. The van der Waals surface area contributed by atoms with Crippen molar-refractivity contribution >= 4 is 24.0 Å². The van der Waals surface area contributed by atoms with Crippen LogP contribution in [0.2, 0.25) is 0 Å². The fourth-order valence-corrected chi connectivity index (χ4v) is 4.24. The maximum atomic E-state index is 4.95. The Kier molecular flexibility index (Phi) is 4.19. The van der Waals surface area contributed by atoms with Gasteiger partial charge in [-0.15, -0.1) is 11.3 Å². The van der Waals surface area contributed by atoms with Crippen molar-refractivity contribution in [2.24, 2.45) is 0 Å². The number of rotatable bonds is 2. The Bertz CT molecular complexity index is 370. The fraction of sp³-hybridized carbons (Fsp3) is 0.786. The van der Waals surface area contributed by atoms with Gasteiger partial charge in [-0.25, -0.2) is 4.98 Å². The molecule has 0 radical (unpaired) electrons. The molecule has 1 aromatic heterocycles. The SMILES string of the molecule is CC(C)(C)c1nc(C2CCCCC2)sc1CS. The molecule has 2 rings (SSSR count). The summed E-state index contributed by atoms with van der Waals surface area (Å²) in [7, 11) is 0. The van der Waals surface area contributed by atoms with Crippen LogP contribution in [0.5, 0.6) is 0 Å². The first-order valence-electron chi connectivity index (χ1n) is 6.63. The molecule has 3 heteroatoms. The Morgan fingerprint density at radius 3 is 2.35 bits per heavy atom. The summed E-state index contributed by atoms with van der Waals surface area (Å²) in [6.07, 6.45) is 6.84. The molecule has 0 amide bonds. The van der Waals surface area contributed by atoms with E-state index in [4.69, 9.17) is 4.98 Å². The summed E-state index contributed by atoms with van der Waals surface area (Å²) in [5, 5.41) is 1.37. The molecule has 1 nitrogen and oxygen atoms in total. The molecule has 0 unspecified atom stereocenters. The van der Waals surface area contributed by atoms with Gasteiger partial charge in [0, 0.05) is 22.0 Å². The molecular formula is C14H23NS2. The van der Waals surface area contributed by atoms with Crippen LogP contribution in [-0.2, 0) is 11.2 Å². The van der Waals surface area contributed by atoms with Gasteiger partial charge in [0.15, 0.2) is 0 Å². The van der Waals surface area contributed by atoms with Gasteiger partial charge in [-0.3, -0.25) is 0 Å². The second-order valence-electron chi connectivity index (χ2n) is 6.07. The molecule has 1 aromatic rings. The smallest absolute Gasteiger partial charge is 0.0962 e. The molecule has 17 heavy (non-hydrogen) atoms. The molecule has 0 aliphatic heterocycles. The lowest BCUT2D eigenvalue weighted by atomic mass is 9.89. The van der Waals surface area contributed by atoms with Gasteiger partial charge in [0.2, 0.25) is 0 Å². The van der Waals surface area contributed by atoms with Crippen molar-refractivity contribution in [3.8, 4) is 0 Å². The molecule has 0 atom stereocenters. The van der Waals surface area contributed by atoms with Crippen molar-refractivity contribution in [1.29, 1.82) is 0 Å². The summed E-state index contributed by atoms with van der Waals surface area (Å²) in [6, 6.07) is 0. The lowest BCUT2D eigenvalue weighted by Crippen LogP contribution is -2.14. The highest BCUT2D eigenvalue weighted by molar-refractivity contribution is 7.79. The van der Waals surface area contributed by atoms with Crippen LogP contribution in [0.25, 0.3) is 0 Å². The third-order valence-corrected chi connectivity index (χ3v) is 5.27. The summed E-state index contributed by atoms with van der Waals surface area (Å²) in [5.74, 6) is 1.56. The third-order valence-electron chi connectivity index (χ3n) is 3.52. The van der Waals surface area contributed by atoms with Crippen LogP contribution in [0, 0.1) is 0 Å². The number of aromatic nitrogens is 1. The molecule has 1 heterocycles. The molecule has 0 N–H and O–H groups in total. The van der Waals surface area contributed by atoms with E-state index >= 15 is 0 Å². The molecule has 1 fully saturated rings. The van der Waals surface area contributed by atoms with Gasteiger partial charge >= 0.3 is 0 Å². The summed E-state index contributed by atoms with van der Waals surface area (Å²) in [4.78, 5) is 6.32. The van der Waals surface area contributed by atoms with Crippen molar-refractivity contribution in [2.75, 3.05) is 0 Å². The van der Waals surface area contributed by atoms with Crippen molar-refractivity contribution in [3.63, 3.8) is 0 Å². The third kappa shape index (κ3) is 3.05. The van der Waals surface area contributed by atoms with Gasteiger partial charge in [0.05, 0.1) is 10.7 Å². The van der Waals surface area contributed by atoms with Crippen molar-refractivity contribution < 1.29 is 0 Å². The first-order valence-corrected chi connectivity index (χ1v) is 8.08. The number of hydrogen-bond acceptors (Lipinski definition) is 3. The van der Waals surface area contributed by atoms with E-state index in [-0.39, 0.29) is 5.41 Å². The second kappa shape index (κ2) is 5.31. The molecule has 0 aromatic carbocycles. The molecule has 96 valence electrons. The Balaban J connectivity index is 2.27.